The van der Waals surface area contributed by atoms with Crippen molar-refractivity contribution in [2.45, 2.75) is 58.3 Å². The Hall–Kier alpha value is -1.26. The molecular formula is C21H26ClF. The summed E-state index contributed by atoms with van der Waals surface area (Å²) in [6.45, 7) is 2.27. The Morgan fingerprint density at radius 2 is 2.00 bits per heavy atom. The van der Waals surface area contributed by atoms with Crippen LogP contribution in [0.25, 0.3) is 0 Å². The smallest absolute Gasteiger partial charge is 0.143 e. The zero-order chi connectivity index (χ0) is 16.5. The van der Waals surface area contributed by atoms with Gasteiger partial charge < -0.3 is 0 Å². The van der Waals surface area contributed by atoms with Crippen LogP contribution < -0.4 is 0 Å². The molecule has 2 rings (SSSR count). The van der Waals surface area contributed by atoms with E-state index in [4.69, 9.17) is 11.6 Å². The molecule has 124 valence electrons. The van der Waals surface area contributed by atoms with Gasteiger partial charge in [-0.15, -0.1) is 0 Å². The Labute approximate surface area is 145 Å². The standard InChI is InChI=1S/C21H26ClF/c1-2-3-4-7-17-10-12-18(13-11-17)8-5-6-9-19-14-15-20(22)21(23)16-19/h5,8,14-18H,2-4,7,10-13H2,1H3/b8-5+. The van der Waals surface area contributed by atoms with Gasteiger partial charge in [0.25, 0.3) is 0 Å². The third-order valence-corrected chi connectivity index (χ3v) is 5.00. The van der Waals surface area contributed by atoms with Crippen LogP contribution in [0.5, 0.6) is 0 Å². The molecule has 1 aromatic rings. The van der Waals surface area contributed by atoms with Crippen LogP contribution in [0.2, 0.25) is 5.02 Å². The summed E-state index contributed by atoms with van der Waals surface area (Å²) in [5, 5.41) is 0.141. The summed E-state index contributed by atoms with van der Waals surface area (Å²) in [6.07, 6.45) is 14.9. The topological polar surface area (TPSA) is 0 Å². The van der Waals surface area contributed by atoms with E-state index >= 15 is 0 Å². The molecule has 1 fully saturated rings. The van der Waals surface area contributed by atoms with E-state index in [2.05, 4.69) is 24.8 Å². The zero-order valence-electron chi connectivity index (χ0n) is 14.0. The van der Waals surface area contributed by atoms with Crippen molar-refractivity contribution in [1.29, 1.82) is 0 Å². The summed E-state index contributed by atoms with van der Waals surface area (Å²) in [6, 6.07) is 4.67. The fourth-order valence-electron chi connectivity index (χ4n) is 3.24. The second kappa shape index (κ2) is 9.78. The zero-order valence-corrected chi connectivity index (χ0v) is 14.7. The average molecular weight is 333 g/mol. The van der Waals surface area contributed by atoms with E-state index in [1.165, 1.54) is 57.4 Å². The van der Waals surface area contributed by atoms with Gasteiger partial charge in [0.15, 0.2) is 0 Å². The molecule has 0 atom stereocenters. The van der Waals surface area contributed by atoms with Crippen molar-refractivity contribution < 1.29 is 4.39 Å². The number of allylic oxidation sites excluding steroid dienone is 2. The normalized spacial score (nSPS) is 21.2. The summed E-state index contributed by atoms with van der Waals surface area (Å²) in [5.74, 6) is 7.16. The van der Waals surface area contributed by atoms with Gasteiger partial charge in [0.05, 0.1) is 5.02 Å². The third-order valence-electron chi connectivity index (χ3n) is 4.70. The summed E-state index contributed by atoms with van der Waals surface area (Å²) in [4.78, 5) is 0. The predicted molar refractivity (Wildman–Crippen MR) is 97.0 cm³/mol. The molecule has 1 aromatic carbocycles. The first kappa shape index (κ1) is 18.1. The maximum absolute atomic E-state index is 13.3. The number of halogens is 2. The van der Waals surface area contributed by atoms with Crippen LogP contribution >= 0.6 is 11.6 Å². The average Bonchev–Trinajstić information content (AvgIpc) is 2.56. The van der Waals surface area contributed by atoms with Crippen molar-refractivity contribution in [2.75, 3.05) is 0 Å². The molecule has 0 aliphatic heterocycles. The summed E-state index contributed by atoms with van der Waals surface area (Å²) in [5.41, 5.74) is 0.663. The van der Waals surface area contributed by atoms with Crippen LogP contribution in [-0.4, -0.2) is 0 Å². The van der Waals surface area contributed by atoms with Crippen molar-refractivity contribution in [3.8, 4) is 11.8 Å². The van der Waals surface area contributed by atoms with E-state index < -0.39 is 5.82 Å². The lowest BCUT2D eigenvalue weighted by Crippen LogP contribution is -2.12. The van der Waals surface area contributed by atoms with E-state index in [-0.39, 0.29) is 5.02 Å². The molecule has 0 N–H and O–H groups in total. The lowest BCUT2D eigenvalue weighted by molar-refractivity contribution is 0.289. The highest BCUT2D eigenvalue weighted by molar-refractivity contribution is 6.30. The van der Waals surface area contributed by atoms with E-state index in [0.29, 0.717) is 11.5 Å². The minimum Gasteiger partial charge on any atom is -0.205 e. The van der Waals surface area contributed by atoms with Crippen molar-refractivity contribution in [2.24, 2.45) is 11.8 Å². The summed E-state index contributed by atoms with van der Waals surface area (Å²) >= 11 is 5.66. The fourth-order valence-corrected chi connectivity index (χ4v) is 3.35. The Kier molecular flexibility index (Phi) is 7.69. The molecule has 23 heavy (non-hydrogen) atoms. The van der Waals surface area contributed by atoms with Gasteiger partial charge in [-0.3, -0.25) is 0 Å². The molecule has 0 saturated heterocycles. The quantitative estimate of drug-likeness (QED) is 0.412. The maximum Gasteiger partial charge on any atom is 0.143 e. The minimum absolute atomic E-state index is 0.141. The van der Waals surface area contributed by atoms with Crippen LogP contribution in [-0.2, 0) is 0 Å². The number of hydrogen-bond donors (Lipinski definition) is 0. The minimum atomic E-state index is -0.413. The van der Waals surface area contributed by atoms with Gasteiger partial charge in [-0.05, 0) is 61.8 Å². The lowest BCUT2D eigenvalue weighted by atomic mass is 9.79. The molecule has 0 heterocycles. The Morgan fingerprint density at radius 3 is 2.70 bits per heavy atom. The van der Waals surface area contributed by atoms with Gasteiger partial charge in [-0.25, -0.2) is 4.39 Å². The molecule has 0 spiro atoms. The fraction of sp³-hybridized carbons (Fsp3) is 0.524. The second-order valence-electron chi connectivity index (χ2n) is 6.53. The first-order chi connectivity index (χ1) is 11.2. The van der Waals surface area contributed by atoms with Crippen LogP contribution in [0.15, 0.2) is 30.4 Å². The van der Waals surface area contributed by atoms with E-state index in [1.807, 2.05) is 6.08 Å². The van der Waals surface area contributed by atoms with Gasteiger partial charge in [0.1, 0.15) is 5.82 Å². The second-order valence-corrected chi connectivity index (χ2v) is 6.94. The Balaban J connectivity index is 1.75. The van der Waals surface area contributed by atoms with Gasteiger partial charge in [0, 0.05) is 5.56 Å². The molecule has 0 amide bonds. The van der Waals surface area contributed by atoms with E-state index in [9.17, 15) is 4.39 Å². The summed E-state index contributed by atoms with van der Waals surface area (Å²) in [7, 11) is 0. The molecular weight excluding hydrogens is 307 g/mol. The maximum atomic E-state index is 13.3. The molecule has 2 heteroatoms. The third kappa shape index (κ3) is 6.40. The van der Waals surface area contributed by atoms with Gasteiger partial charge in [-0.1, -0.05) is 62.1 Å². The molecule has 0 nitrogen and oxygen atoms in total. The number of hydrogen-bond acceptors (Lipinski definition) is 0. The molecule has 0 radical (unpaired) electrons. The Morgan fingerprint density at radius 1 is 1.22 bits per heavy atom. The van der Waals surface area contributed by atoms with Crippen LogP contribution in [0.3, 0.4) is 0 Å². The van der Waals surface area contributed by atoms with E-state index in [0.717, 1.165) is 5.92 Å². The number of unbranched alkanes of at least 4 members (excludes halogenated alkanes) is 2. The van der Waals surface area contributed by atoms with Crippen molar-refractivity contribution in [3.05, 3.63) is 46.8 Å². The van der Waals surface area contributed by atoms with Crippen molar-refractivity contribution >= 4 is 11.6 Å². The first-order valence-electron chi connectivity index (χ1n) is 8.82. The summed E-state index contributed by atoms with van der Waals surface area (Å²) < 4.78 is 13.3. The highest BCUT2D eigenvalue weighted by Crippen LogP contribution is 2.32. The number of benzene rings is 1. The highest BCUT2D eigenvalue weighted by Gasteiger charge is 2.18. The molecule has 1 saturated carbocycles. The Bertz CT molecular complexity index is 571. The van der Waals surface area contributed by atoms with Gasteiger partial charge >= 0.3 is 0 Å². The lowest BCUT2D eigenvalue weighted by Gasteiger charge is -2.26. The SMILES string of the molecule is CCCCCC1CCC(/C=C/C#Cc2ccc(Cl)c(F)c2)CC1. The molecule has 0 aromatic heterocycles. The van der Waals surface area contributed by atoms with Crippen LogP contribution in [0.4, 0.5) is 4.39 Å². The molecule has 1 aliphatic carbocycles. The molecule has 1 aliphatic rings. The predicted octanol–water partition coefficient (Wildman–Crippen LogP) is 6.77. The van der Waals surface area contributed by atoms with E-state index in [1.54, 1.807) is 12.1 Å². The van der Waals surface area contributed by atoms with Crippen molar-refractivity contribution in [3.63, 3.8) is 0 Å². The number of rotatable bonds is 5. The van der Waals surface area contributed by atoms with Gasteiger partial charge in [0.2, 0.25) is 0 Å². The largest absolute Gasteiger partial charge is 0.205 e. The molecule has 0 unspecified atom stereocenters. The van der Waals surface area contributed by atoms with Gasteiger partial charge in [-0.2, -0.15) is 0 Å². The van der Waals surface area contributed by atoms with Crippen molar-refractivity contribution in [1.82, 2.24) is 0 Å². The first-order valence-corrected chi connectivity index (χ1v) is 9.20. The van der Waals surface area contributed by atoms with Crippen LogP contribution in [0.1, 0.15) is 63.9 Å². The monoisotopic (exact) mass is 332 g/mol. The van der Waals surface area contributed by atoms with Crippen LogP contribution in [0, 0.1) is 29.5 Å². The molecule has 0 bridgehead atoms. The highest BCUT2D eigenvalue weighted by atomic mass is 35.5.